The molecule has 1 atom stereocenters. The lowest BCUT2D eigenvalue weighted by atomic mass is 10.1. The first-order valence-corrected chi connectivity index (χ1v) is 8.68. The molecule has 0 spiro atoms. The number of ether oxygens (including phenoxy) is 3. The maximum atomic E-state index is 12.6. The quantitative estimate of drug-likeness (QED) is 0.725. The molecule has 1 aliphatic rings. The second kappa shape index (κ2) is 9.88. The van der Waals surface area contributed by atoms with Gasteiger partial charge in [0.1, 0.15) is 5.75 Å². The van der Waals surface area contributed by atoms with Gasteiger partial charge in [0.15, 0.2) is 11.5 Å². The van der Waals surface area contributed by atoms with Crippen molar-refractivity contribution in [2.24, 2.45) is 5.73 Å². The Hall–Kier alpha value is -1.45. The van der Waals surface area contributed by atoms with Gasteiger partial charge in [-0.05, 0) is 24.5 Å². The van der Waals surface area contributed by atoms with Crippen LogP contribution in [0.15, 0.2) is 12.1 Å². The van der Waals surface area contributed by atoms with Crippen LogP contribution in [0.3, 0.4) is 0 Å². The number of nitrogens with two attached hydrogens (primary N) is 1. The molecule has 6 nitrogen and oxygen atoms in total. The number of carbonyl (C=O) groups excluding carboxylic acids is 1. The van der Waals surface area contributed by atoms with Crippen LogP contribution >= 0.6 is 24.2 Å². The molecule has 0 fully saturated rings. The Morgan fingerprint density at radius 2 is 2.04 bits per heavy atom. The van der Waals surface area contributed by atoms with Crippen LogP contribution < -0.4 is 19.9 Å². The van der Waals surface area contributed by atoms with E-state index in [2.05, 4.69) is 4.74 Å². The number of benzene rings is 1. The van der Waals surface area contributed by atoms with Gasteiger partial charge in [-0.3, -0.25) is 4.79 Å². The fourth-order valence-corrected chi connectivity index (χ4v) is 2.77. The summed E-state index contributed by atoms with van der Waals surface area (Å²) >= 11 is 1.60. The Morgan fingerprint density at radius 3 is 2.64 bits per heavy atom. The minimum atomic E-state index is -2.98. The molecule has 1 aliphatic heterocycles. The van der Waals surface area contributed by atoms with Crippen LogP contribution in [-0.4, -0.2) is 49.3 Å². The van der Waals surface area contributed by atoms with Gasteiger partial charge in [-0.25, -0.2) is 0 Å². The van der Waals surface area contributed by atoms with Crippen molar-refractivity contribution >= 4 is 30.1 Å². The van der Waals surface area contributed by atoms with E-state index < -0.39 is 12.7 Å². The molecule has 0 saturated carbocycles. The van der Waals surface area contributed by atoms with E-state index in [-0.39, 0.29) is 37.4 Å². The van der Waals surface area contributed by atoms with Gasteiger partial charge in [-0.1, -0.05) is 0 Å². The summed E-state index contributed by atoms with van der Waals surface area (Å²) in [6, 6.07) is 2.25. The highest BCUT2D eigenvalue weighted by molar-refractivity contribution is 7.98. The Morgan fingerprint density at radius 1 is 1.40 bits per heavy atom. The summed E-state index contributed by atoms with van der Waals surface area (Å²) in [5.74, 6) is 1.22. The summed E-state index contributed by atoms with van der Waals surface area (Å²) in [4.78, 5) is 13.7. The van der Waals surface area contributed by atoms with E-state index in [1.165, 1.54) is 17.0 Å². The minimum Gasteiger partial charge on any atom is -0.454 e. The number of fused-ring (bicyclic) bond motifs is 1. The van der Waals surface area contributed by atoms with E-state index in [9.17, 15) is 13.6 Å². The predicted octanol–water partition coefficient (Wildman–Crippen LogP) is 2.48. The van der Waals surface area contributed by atoms with Gasteiger partial charge in [-0.2, -0.15) is 20.5 Å². The van der Waals surface area contributed by atoms with Crippen molar-refractivity contribution in [2.75, 3.05) is 25.8 Å². The third-order valence-corrected chi connectivity index (χ3v) is 4.15. The van der Waals surface area contributed by atoms with Crippen LogP contribution in [0.2, 0.25) is 0 Å². The predicted molar refractivity (Wildman–Crippen MR) is 93.9 cm³/mol. The summed E-state index contributed by atoms with van der Waals surface area (Å²) < 4.78 is 40.2. The summed E-state index contributed by atoms with van der Waals surface area (Å²) in [6.07, 6.45) is 2.48. The molecular formula is C15H21ClF2N2O4S. The number of alkyl halides is 2. The number of rotatable bonds is 8. The number of thioether (sulfide) groups is 1. The van der Waals surface area contributed by atoms with Gasteiger partial charge in [0.25, 0.3) is 0 Å². The van der Waals surface area contributed by atoms with E-state index in [0.29, 0.717) is 23.5 Å². The lowest BCUT2D eigenvalue weighted by Gasteiger charge is -2.22. The highest BCUT2D eigenvalue weighted by Gasteiger charge is 2.23. The van der Waals surface area contributed by atoms with E-state index in [1.807, 2.05) is 6.26 Å². The number of halogens is 3. The summed E-state index contributed by atoms with van der Waals surface area (Å²) in [5.41, 5.74) is 6.26. The average Bonchev–Trinajstić information content (AvgIpc) is 2.98. The van der Waals surface area contributed by atoms with E-state index in [0.717, 1.165) is 5.75 Å². The Balaban J connectivity index is 0.00000312. The summed E-state index contributed by atoms with van der Waals surface area (Å²) in [5, 5.41) is 0. The second-order valence-electron chi connectivity index (χ2n) is 5.27. The molecular weight excluding hydrogens is 378 g/mol. The van der Waals surface area contributed by atoms with Crippen molar-refractivity contribution in [3.8, 4) is 17.2 Å². The Labute approximate surface area is 155 Å². The van der Waals surface area contributed by atoms with Gasteiger partial charge < -0.3 is 24.8 Å². The Bertz CT molecular complexity index is 595. The third kappa shape index (κ3) is 5.79. The average molecular weight is 399 g/mol. The number of amides is 1. The molecule has 1 aromatic rings. The largest absolute Gasteiger partial charge is 0.454 e. The lowest BCUT2D eigenvalue weighted by Crippen LogP contribution is -2.41. The molecule has 0 radical (unpaired) electrons. The van der Waals surface area contributed by atoms with Crippen molar-refractivity contribution in [2.45, 2.75) is 25.6 Å². The molecule has 2 rings (SSSR count). The monoisotopic (exact) mass is 398 g/mol. The highest BCUT2D eigenvalue weighted by Crippen LogP contribution is 2.39. The molecule has 1 amide bonds. The number of nitrogens with zero attached hydrogens (tertiary/aromatic N) is 1. The molecule has 1 aromatic carbocycles. The van der Waals surface area contributed by atoms with Crippen LogP contribution in [0, 0.1) is 0 Å². The second-order valence-corrected chi connectivity index (χ2v) is 6.26. The fraction of sp³-hybridized carbons (Fsp3) is 0.533. The summed E-state index contributed by atoms with van der Waals surface area (Å²) in [6.45, 7) is -2.89. The fourth-order valence-electron chi connectivity index (χ4n) is 2.28. The van der Waals surface area contributed by atoms with Crippen molar-refractivity contribution in [1.29, 1.82) is 0 Å². The highest BCUT2D eigenvalue weighted by atomic mass is 35.5. The minimum absolute atomic E-state index is 0. The van der Waals surface area contributed by atoms with Crippen LogP contribution in [0.5, 0.6) is 17.2 Å². The number of carbonyl (C=O) groups is 1. The maximum Gasteiger partial charge on any atom is 0.387 e. The zero-order valence-electron chi connectivity index (χ0n) is 13.9. The normalized spacial score (nSPS) is 13.4. The molecule has 2 N–H and O–H groups in total. The first-order valence-electron chi connectivity index (χ1n) is 7.29. The van der Waals surface area contributed by atoms with Crippen molar-refractivity contribution < 1.29 is 27.8 Å². The molecule has 25 heavy (non-hydrogen) atoms. The first kappa shape index (κ1) is 21.6. The molecule has 0 aliphatic carbocycles. The van der Waals surface area contributed by atoms with Crippen molar-refractivity contribution in [1.82, 2.24) is 4.90 Å². The van der Waals surface area contributed by atoms with Crippen molar-refractivity contribution in [3.05, 3.63) is 17.7 Å². The van der Waals surface area contributed by atoms with Gasteiger partial charge in [0.05, 0.1) is 6.04 Å². The molecule has 0 unspecified atom stereocenters. The van der Waals surface area contributed by atoms with E-state index in [1.54, 1.807) is 18.8 Å². The van der Waals surface area contributed by atoms with Crippen LogP contribution in [0.25, 0.3) is 0 Å². The molecule has 0 aromatic heterocycles. The third-order valence-electron chi connectivity index (χ3n) is 3.51. The van der Waals surface area contributed by atoms with Gasteiger partial charge in [0, 0.05) is 25.2 Å². The maximum absolute atomic E-state index is 12.6. The van der Waals surface area contributed by atoms with Crippen LogP contribution in [-0.2, 0) is 11.3 Å². The van der Waals surface area contributed by atoms with Crippen molar-refractivity contribution in [3.63, 3.8) is 0 Å². The smallest absolute Gasteiger partial charge is 0.387 e. The van der Waals surface area contributed by atoms with Gasteiger partial charge in [0.2, 0.25) is 12.7 Å². The molecule has 0 saturated heterocycles. The zero-order valence-corrected chi connectivity index (χ0v) is 15.5. The van der Waals surface area contributed by atoms with E-state index >= 15 is 0 Å². The molecule has 10 heteroatoms. The number of likely N-dealkylation sites (N-methyl/N-ethyl adjacent to an activating group) is 1. The lowest BCUT2D eigenvalue weighted by molar-refractivity contribution is -0.131. The standard InChI is InChI=1S/C15H20F2N2O4S.ClH/c1-19(14(20)10(18)3-4-24-2)7-9-5-12-13(22-8-21-12)6-11(9)23-15(16)17;/h5-6,10,15H,3-4,7-8,18H2,1-2H3;1H/t10-;/m0./s1. The van der Waals surface area contributed by atoms with Crippen LogP contribution in [0.1, 0.15) is 12.0 Å². The zero-order chi connectivity index (χ0) is 17.7. The van der Waals surface area contributed by atoms with Gasteiger partial charge >= 0.3 is 6.61 Å². The SMILES string of the molecule is CSCC[C@H](N)C(=O)N(C)Cc1cc2c(cc1OC(F)F)OCO2.Cl. The molecule has 0 bridgehead atoms. The number of hydrogen-bond donors (Lipinski definition) is 1. The topological polar surface area (TPSA) is 74.0 Å². The Kier molecular flexibility index (Phi) is 8.54. The van der Waals surface area contributed by atoms with Crippen LogP contribution in [0.4, 0.5) is 8.78 Å². The van der Waals surface area contributed by atoms with E-state index in [4.69, 9.17) is 15.2 Å². The first-order chi connectivity index (χ1) is 11.4. The molecule has 1 heterocycles. The molecule has 142 valence electrons. The summed E-state index contributed by atoms with van der Waals surface area (Å²) in [7, 11) is 1.57. The van der Waals surface area contributed by atoms with Gasteiger partial charge in [-0.15, -0.1) is 12.4 Å². The number of hydrogen-bond acceptors (Lipinski definition) is 6.